The molecule has 1 aromatic carbocycles. The Hall–Kier alpha value is -1.76. The molecule has 142 valence electrons. The summed E-state index contributed by atoms with van der Waals surface area (Å²) < 4.78 is 44.1. The van der Waals surface area contributed by atoms with Gasteiger partial charge in [0.15, 0.2) is 0 Å². The number of hydrogen-bond acceptors (Lipinski definition) is 3. The normalized spacial score (nSPS) is 29.3. The van der Waals surface area contributed by atoms with E-state index in [1.807, 2.05) is 0 Å². The lowest BCUT2D eigenvalue weighted by Crippen LogP contribution is -2.54. The average molecular weight is 368 g/mol. The number of halogens is 3. The van der Waals surface area contributed by atoms with Crippen molar-refractivity contribution in [2.75, 3.05) is 7.11 Å². The average Bonchev–Trinajstić information content (AvgIpc) is 3.33. The molecule has 3 fully saturated rings. The van der Waals surface area contributed by atoms with Gasteiger partial charge in [-0.05, 0) is 50.7 Å². The van der Waals surface area contributed by atoms with E-state index in [1.54, 1.807) is 0 Å². The lowest BCUT2D eigenvalue weighted by Gasteiger charge is -2.32. The van der Waals surface area contributed by atoms with Gasteiger partial charge in [0.25, 0.3) is 0 Å². The van der Waals surface area contributed by atoms with Gasteiger partial charge in [-0.3, -0.25) is 4.79 Å². The molecule has 0 spiro atoms. The molecule has 2 bridgehead atoms. The first-order valence-electron chi connectivity index (χ1n) is 9.16. The zero-order valence-corrected chi connectivity index (χ0v) is 14.7. The molecule has 4 nitrogen and oxygen atoms in total. The molecule has 1 aliphatic carbocycles. The number of nitrogens with one attached hydrogen (secondary N) is 2. The van der Waals surface area contributed by atoms with Gasteiger partial charge in [0.05, 0.1) is 18.1 Å². The standard InChI is InChI=1S/C19H23F3N2O2/c1-26-16-10-11(19(20,21)22)2-5-13(16)18(8-9-18)17(25)24-15-7-4-12-3-6-14(15)23-12/h2,5,10,12,14-15,23H,3-4,6-9H2,1H3,(H,24,25). The molecular formula is C19H23F3N2O2. The minimum Gasteiger partial charge on any atom is -0.496 e. The monoisotopic (exact) mass is 368 g/mol. The summed E-state index contributed by atoms with van der Waals surface area (Å²) >= 11 is 0. The fraction of sp³-hybridized carbons (Fsp3) is 0.632. The van der Waals surface area contributed by atoms with Crippen LogP contribution in [0.25, 0.3) is 0 Å². The lowest BCUT2D eigenvalue weighted by atomic mass is 9.91. The van der Waals surface area contributed by atoms with Gasteiger partial charge in [0.1, 0.15) is 5.75 Å². The summed E-state index contributed by atoms with van der Waals surface area (Å²) in [6, 6.07) is 4.40. The summed E-state index contributed by atoms with van der Waals surface area (Å²) in [5, 5.41) is 6.70. The molecule has 2 aliphatic heterocycles. The Morgan fingerprint density at radius 3 is 2.62 bits per heavy atom. The van der Waals surface area contributed by atoms with E-state index in [2.05, 4.69) is 10.6 Å². The highest BCUT2D eigenvalue weighted by Gasteiger charge is 2.54. The molecule has 26 heavy (non-hydrogen) atoms. The Bertz CT molecular complexity index is 715. The Morgan fingerprint density at radius 1 is 1.23 bits per heavy atom. The van der Waals surface area contributed by atoms with Crippen molar-refractivity contribution in [1.82, 2.24) is 10.6 Å². The number of carbonyl (C=O) groups excluding carboxylic acids is 1. The van der Waals surface area contributed by atoms with Crippen molar-refractivity contribution in [2.24, 2.45) is 0 Å². The maximum Gasteiger partial charge on any atom is 0.416 e. The predicted molar refractivity (Wildman–Crippen MR) is 90.0 cm³/mol. The number of carbonyl (C=O) groups is 1. The molecule has 3 unspecified atom stereocenters. The van der Waals surface area contributed by atoms with Crippen LogP contribution in [-0.4, -0.2) is 31.1 Å². The topological polar surface area (TPSA) is 50.4 Å². The molecule has 3 atom stereocenters. The minimum atomic E-state index is -4.43. The summed E-state index contributed by atoms with van der Waals surface area (Å²) in [6.45, 7) is 0. The highest BCUT2D eigenvalue weighted by Crippen LogP contribution is 2.52. The van der Waals surface area contributed by atoms with Crippen molar-refractivity contribution in [3.05, 3.63) is 29.3 Å². The van der Waals surface area contributed by atoms with Gasteiger partial charge in [-0.1, -0.05) is 6.07 Å². The number of fused-ring (bicyclic) bond motifs is 2. The van der Waals surface area contributed by atoms with Crippen LogP contribution in [0.3, 0.4) is 0 Å². The highest BCUT2D eigenvalue weighted by molar-refractivity contribution is 5.92. The number of alkyl halides is 3. The van der Waals surface area contributed by atoms with E-state index < -0.39 is 17.2 Å². The smallest absolute Gasteiger partial charge is 0.416 e. The zero-order chi connectivity index (χ0) is 18.5. The van der Waals surface area contributed by atoms with Crippen molar-refractivity contribution >= 4 is 5.91 Å². The Kier molecular flexibility index (Phi) is 4.17. The van der Waals surface area contributed by atoms with Crippen LogP contribution in [-0.2, 0) is 16.4 Å². The van der Waals surface area contributed by atoms with E-state index in [9.17, 15) is 18.0 Å². The minimum absolute atomic E-state index is 0.0901. The molecule has 1 amide bonds. The third kappa shape index (κ3) is 2.96. The molecule has 0 aromatic heterocycles. The number of hydrogen-bond donors (Lipinski definition) is 2. The van der Waals surface area contributed by atoms with Crippen molar-refractivity contribution in [1.29, 1.82) is 0 Å². The van der Waals surface area contributed by atoms with Crippen molar-refractivity contribution < 1.29 is 22.7 Å². The van der Waals surface area contributed by atoms with Crippen LogP contribution in [0.5, 0.6) is 5.75 Å². The number of amides is 1. The van der Waals surface area contributed by atoms with E-state index in [4.69, 9.17) is 4.74 Å². The van der Waals surface area contributed by atoms with Crippen LogP contribution >= 0.6 is 0 Å². The first-order valence-corrected chi connectivity index (χ1v) is 9.16. The Balaban J connectivity index is 1.55. The zero-order valence-electron chi connectivity index (χ0n) is 14.7. The molecule has 0 radical (unpaired) electrons. The molecular weight excluding hydrogens is 345 g/mol. The van der Waals surface area contributed by atoms with Gasteiger partial charge in [-0.25, -0.2) is 0 Å². The Labute approximate surface area is 150 Å². The van der Waals surface area contributed by atoms with E-state index >= 15 is 0 Å². The van der Waals surface area contributed by atoms with Crippen LogP contribution < -0.4 is 15.4 Å². The van der Waals surface area contributed by atoms with Crippen LogP contribution in [0.15, 0.2) is 18.2 Å². The predicted octanol–water partition coefficient (Wildman–Crippen LogP) is 3.14. The van der Waals surface area contributed by atoms with E-state index in [-0.39, 0.29) is 17.7 Å². The van der Waals surface area contributed by atoms with Crippen molar-refractivity contribution in [3.63, 3.8) is 0 Å². The SMILES string of the molecule is COc1cc(C(F)(F)F)ccc1C1(C(=O)NC2CCC3CCC2N3)CC1. The fourth-order valence-electron chi connectivity index (χ4n) is 4.46. The second-order valence-electron chi connectivity index (χ2n) is 7.70. The highest BCUT2D eigenvalue weighted by atomic mass is 19.4. The molecule has 1 aromatic rings. The van der Waals surface area contributed by atoms with E-state index in [0.717, 1.165) is 37.8 Å². The van der Waals surface area contributed by atoms with E-state index in [1.165, 1.54) is 13.2 Å². The van der Waals surface area contributed by atoms with Gasteiger partial charge in [0.2, 0.25) is 5.91 Å². The molecule has 4 rings (SSSR count). The van der Waals surface area contributed by atoms with Gasteiger partial charge in [-0.15, -0.1) is 0 Å². The summed E-state index contributed by atoms with van der Waals surface area (Å²) in [5.41, 5.74) is -0.966. The van der Waals surface area contributed by atoms with Crippen LogP contribution in [0.2, 0.25) is 0 Å². The van der Waals surface area contributed by atoms with Gasteiger partial charge in [-0.2, -0.15) is 13.2 Å². The molecule has 1 saturated carbocycles. The third-order valence-corrected chi connectivity index (χ3v) is 6.13. The molecule has 2 heterocycles. The molecule has 2 N–H and O–H groups in total. The first-order chi connectivity index (χ1) is 12.3. The van der Waals surface area contributed by atoms with Crippen LogP contribution in [0, 0.1) is 0 Å². The quantitative estimate of drug-likeness (QED) is 0.859. The lowest BCUT2D eigenvalue weighted by molar-refractivity contribution is -0.137. The number of piperidine rings is 1. The Morgan fingerprint density at radius 2 is 1.96 bits per heavy atom. The molecule has 3 aliphatic rings. The van der Waals surface area contributed by atoms with Gasteiger partial charge >= 0.3 is 6.18 Å². The van der Waals surface area contributed by atoms with E-state index in [0.29, 0.717) is 30.5 Å². The van der Waals surface area contributed by atoms with Gasteiger partial charge < -0.3 is 15.4 Å². The van der Waals surface area contributed by atoms with Crippen LogP contribution in [0.1, 0.15) is 49.7 Å². The maximum atomic E-state index is 13.0. The number of rotatable bonds is 4. The molecule has 7 heteroatoms. The maximum absolute atomic E-state index is 13.0. The summed E-state index contributed by atoms with van der Waals surface area (Å²) in [4.78, 5) is 13.0. The summed E-state index contributed by atoms with van der Waals surface area (Å²) in [5.74, 6) is 0.0443. The largest absolute Gasteiger partial charge is 0.496 e. The summed E-state index contributed by atoms with van der Waals surface area (Å²) in [7, 11) is 1.34. The summed E-state index contributed by atoms with van der Waals surface area (Å²) in [6.07, 6.45) is 1.05. The third-order valence-electron chi connectivity index (χ3n) is 6.13. The number of benzene rings is 1. The van der Waals surface area contributed by atoms with Gasteiger partial charge in [0, 0.05) is 23.7 Å². The van der Waals surface area contributed by atoms with Crippen molar-refractivity contribution in [2.45, 2.75) is 68.2 Å². The fourth-order valence-corrected chi connectivity index (χ4v) is 4.46. The van der Waals surface area contributed by atoms with Crippen molar-refractivity contribution in [3.8, 4) is 5.75 Å². The second kappa shape index (κ2) is 6.15. The number of methoxy groups -OCH3 is 1. The second-order valence-corrected chi connectivity index (χ2v) is 7.70. The number of ether oxygens (including phenoxy) is 1. The molecule has 2 saturated heterocycles. The van der Waals surface area contributed by atoms with Crippen LogP contribution in [0.4, 0.5) is 13.2 Å². The first kappa shape index (κ1) is 17.6.